The zero-order chi connectivity index (χ0) is 34.5. The second-order valence-corrected chi connectivity index (χ2v) is 15.0. The van der Waals surface area contributed by atoms with Crippen LogP contribution in [0.3, 0.4) is 0 Å². The second kappa shape index (κ2) is 13.7. The van der Waals surface area contributed by atoms with E-state index in [1.807, 2.05) is 18.3 Å². The Morgan fingerprint density at radius 3 is 2.20 bits per heavy atom. The minimum Gasteiger partial charge on any atom is -0.509 e. The molecular formula is C44H44N4OPt. The fourth-order valence-electron chi connectivity index (χ4n) is 6.71. The Kier molecular flexibility index (Phi) is 9.67. The summed E-state index contributed by atoms with van der Waals surface area (Å²) >= 11 is 0. The van der Waals surface area contributed by atoms with Gasteiger partial charge in [-0.1, -0.05) is 109 Å². The molecule has 7 rings (SSSR count). The third kappa shape index (κ3) is 6.68. The summed E-state index contributed by atoms with van der Waals surface area (Å²) in [5.41, 5.74) is 9.50. The molecule has 0 N–H and O–H groups in total. The number of ether oxygens (including phenoxy) is 1. The molecule has 0 aliphatic heterocycles. The zero-order valence-corrected chi connectivity index (χ0v) is 32.4. The van der Waals surface area contributed by atoms with E-state index in [1.165, 1.54) is 16.8 Å². The minimum atomic E-state index is -0.188. The molecule has 0 radical (unpaired) electrons. The van der Waals surface area contributed by atoms with E-state index < -0.39 is 0 Å². The zero-order valence-electron chi connectivity index (χ0n) is 30.2. The van der Waals surface area contributed by atoms with Crippen molar-refractivity contribution in [2.24, 2.45) is 0 Å². The predicted molar refractivity (Wildman–Crippen MR) is 201 cm³/mol. The third-order valence-electron chi connectivity index (χ3n) is 9.05. The molecule has 0 amide bonds. The van der Waals surface area contributed by atoms with Gasteiger partial charge in [0.05, 0.1) is 11.4 Å². The van der Waals surface area contributed by atoms with Crippen LogP contribution in [0.2, 0.25) is 0 Å². The molecule has 6 heteroatoms. The Morgan fingerprint density at radius 1 is 0.760 bits per heavy atom. The Labute approximate surface area is 310 Å². The van der Waals surface area contributed by atoms with Gasteiger partial charge < -0.3 is 9.30 Å². The molecule has 256 valence electrons. The van der Waals surface area contributed by atoms with Crippen LogP contribution in [0.25, 0.3) is 44.4 Å². The van der Waals surface area contributed by atoms with Gasteiger partial charge in [-0.25, -0.2) is 4.98 Å². The van der Waals surface area contributed by atoms with Gasteiger partial charge in [-0.2, -0.15) is 11.2 Å². The molecular weight excluding hydrogens is 796 g/mol. The van der Waals surface area contributed by atoms with E-state index in [1.54, 1.807) is 0 Å². The van der Waals surface area contributed by atoms with Gasteiger partial charge in [0.1, 0.15) is 5.82 Å². The van der Waals surface area contributed by atoms with E-state index in [-0.39, 0.29) is 31.9 Å². The fraction of sp³-hybridized carbons (Fsp3) is 0.273. The maximum absolute atomic E-state index is 6.70. The molecule has 5 nitrogen and oxygen atoms in total. The Bertz CT molecular complexity index is 2300. The molecule has 0 aliphatic carbocycles. The van der Waals surface area contributed by atoms with Crippen molar-refractivity contribution >= 4 is 21.8 Å². The average Bonchev–Trinajstić information content (AvgIpc) is 3.61. The van der Waals surface area contributed by atoms with Crippen LogP contribution in [0.1, 0.15) is 77.4 Å². The van der Waals surface area contributed by atoms with Crippen molar-refractivity contribution in [2.45, 2.75) is 79.1 Å². The Hall–Kier alpha value is -4.47. The number of pyridine rings is 1. The third-order valence-corrected chi connectivity index (χ3v) is 9.05. The monoisotopic (exact) mass is 839 g/mol. The largest absolute Gasteiger partial charge is 2.00 e. The summed E-state index contributed by atoms with van der Waals surface area (Å²) in [5.74, 6) is 2.10. The molecule has 0 spiro atoms. The Morgan fingerprint density at radius 2 is 1.50 bits per heavy atom. The SMILES string of the molecule is CCCc1nn(-c2[c-]c(Oc3[c-]c4c(cc3)c3ccccc3n4-c3cc(C)ccn3)cc(C(C)(C)C)c2)c(C(C)(C)C)c1-c1ccccc1.[Pt+2]. The van der Waals surface area contributed by atoms with E-state index in [0.717, 1.165) is 63.0 Å². The summed E-state index contributed by atoms with van der Waals surface area (Å²) in [4.78, 5) is 4.74. The molecule has 0 aliphatic rings. The van der Waals surface area contributed by atoms with Crippen molar-refractivity contribution in [3.63, 3.8) is 0 Å². The maximum atomic E-state index is 6.70. The number of nitrogens with zero attached hydrogens (tertiary/aromatic N) is 4. The van der Waals surface area contributed by atoms with Crippen molar-refractivity contribution in [3.05, 3.63) is 132 Å². The molecule has 0 unspecified atom stereocenters. The molecule has 0 bridgehead atoms. The molecule has 0 saturated heterocycles. The van der Waals surface area contributed by atoms with Crippen molar-refractivity contribution in [1.82, 2.24) is 19.3 Å². The number of hydrogen-bond acceptors (Lipinski definition) is 3. The fourth-order valence-corrected chi connectivity index (χ4v) is 6.71. The quantitative estimate of drug-likeness (QED) is 0.150. The standard InChI is InChI=1S/C44H44N4O.Pt/c1-9-15-37-41(30-16-11-10-12-17-30)42(44(6,7)8)48(46-37)32-25-31(43(3,4)5)26-34(27-32)49-33-20-21-36-35-18-13-14-19-38(35)47(39(36)28-33)40-24-29(2)22-23-45-40;/h10-14,16-26H,9,15H2,1-8H3;/q-2;+2. The first-order chi connectivity index (χ1) is 23.4. The first-order valence-electron chi connectivity index (χ1n) is 17.2. The summed E-state index contributed by atoms with van der Waals surface area (Å²) in [6.45, 7) is 17.8. The molecule has 0 saturated carbocycles. The van der Waals surface area contributed by atoms with Gasteiger partial charge in [-0.3, -0.25) is 4.68 Å². The van der Waals surface area contributed by atoms with Crippen LogP contribution in [0, 0.1) is 19.1 Å². The van der Waals surface area contributed by atoms with Crippen LogP contribution in [0.15, 0.2) is 97.2 Å². The number of aryl methyl sites for hydroxylation is 2. The first-order valence-corrected chi connectivity index (χ1v) is 17.2. The summed E-state index contributed by atoms with van der Waals surface area (Å²) in [6.07, 6.45) is 3.76. The van der Waals surface area contributed by atoms with E-state index >= 15 is 0 Å². The van der Waals surface area contributed by atoms with Gasteiger partial charge in [-0.05, 0) is 59.2 Å². The summed E-state index contributed by atoms with van der Waals surface area (Å²) in [6, 6.07) is 38.9. The topological polar surface area (TPSA) is 44.9 Å². The number of para-hydroxylation sites is 1. The molecule has 7 aromatic rings. The predicted octanol–water partition coefficient (Wildman–Crippen LogP) is 11.3. The second-order valence-electron chi connectivity index (χ2n) is 15.0. The first kappa shape index (κ1) is 35.4. The number of benzene rings is 4. The van der Waals surface area contributed by atoms with E-state index in [2.05, 4.69) is 156 Å². The van der Waals surface area contributed by atoms with Gasteiger partial charge in [0, 0.05) is 34.2 Å². The van der Waals surface area contributed by atoms with E-state index in [4.69, 9.17) is 14.8 Å². The van der Waals surface area contributed by atoms with Crippen LogP contribution in [0.5, 0.6) is 11.5 Å². The molecule has 3 heterocycles. The van der Waals surface area contributed by atoms with Gasteiger partial charge in [0.15, 0.2) is 0 Å². The van der Waals surface area contributed by atoms with E-state index in [0.29, 0.717) is 11.5 Å². The van der Waals surface area contributed by atoms with Crippen LogP contribution in [-0.2, 0) is 38.3 Å². The number of rotatable bonds is 7. The summed E-state index contributed by atoms with van der Waals surface area (Å²) in [5, 5.41) is 7.56. The van der Waals surface area contributed by atoms with Gasteiger partial charge >= 0.3 is 21.1 Å². The number of aromatic nitrogens is 4. The number of hydrogen-bond donors (Lipinski definition) is 0. The van der Waals surface area contributed by atoms with Gasteiger partial charge in [0.25, 0.3) is 0 Å². The summed E-state index contributed by atoms with van der Waals surface area (Å²) < 4.78 is 11.0. The molecule has 4 aromatic carbocycles. The van der Waals surface area contributed by atoms with Gasteiger partial charge in [-0.15, -0.1) is 41.3 Å². The molecule has 0 fully saturated rings. The van der Waals surface area contributed by atoms with Crippen molar-refractivity contribution in [2.75, 3.05) is 0 Å². The van der Waals surface area contributed by atoms with Crippen LogP contribution in [-0.4, -0.2) is 19.3 Å². The average molecular weight is 840 g/mol. The maximum Gasteiger partial charge on any atom is 2.00 e. The van der Waals surface area contributed by atoms with Crippen LogP contribution >= 0.6 is 0 Å². The molecule has 0 atom stereocenters. The number of fused-ring (bicyclic) bond motifs is 3. The summed E-state index contributed by atoms with van der Waals surface area (Å²) in [7, 11) is 0. The van der Waals surface area contributed by atoms with E-state index in [9.17, 15) is 0 Å². The molecule has 50 heavy (non-hydrogen) atoms. The molecule has 3 aromatic heterocycles. The smallest absolute Gasteiger partial charge is 0.509 e. The normalized spacial score (nSPS) is 12.0. The van der Waals surface area contributed by atoms with Crippen molar-refractivity contribution in [3.8, 4) is 34.1 Å². The van der Waals surface area contributed by atoms with Crippen LogP contribution in [0.4, 0.5) is 0 Å². The minimum absolute atomic E-state index is 0. The van der Waals surface area contributed by atoms with Gasteiger partial charge in [0.2, 0.25) is 0 Å². The van der Waals surface area contributed by atoms with Crippen molar-refractivity contribution in [1.29, 1.82) is 0 Å². The van der Waals surface area contributed by atoms with Crippen LogP contribution < -0.4 is 4.74 Å². The van der Waals surface area contributed by atoms with Crippen molar-refractivity contribution < 1.29 is 25.8 Å². The Balaban J connectivity index is 0.00000432.